The van der Waals surface area contributed by atoms with Gasteiger partial charge in [-0.2, -0.15) is 0 Å². The molecule has 0 radical (unpaired) electrons. The molecular weight excluding hydrogens is 399 g/mol. The Morgan fingerprint density at radius 2 is 1.90 bits per heavy atom. The van der Waals surface area contributed by atoms with Crippen LogP contribution in [0.1, 0.15) is 43.4 Å². The summed E-state index contributed by atoms with van der Waals surface area (Å²) in [6, 6.07) is 9.55. The van der Waals surface area contributed by atoms with Gasteiger partial charge >= 0.3 is 7.12 Å². The van der Waals surface area contributed by atoms with Crippen molar-refractivity contribution in [2.75, 3.05) is 0 Å². The molecule has 1 aliphatic rings. The first-order chi connectivity index (χ1) is 14.8. The van der Waals surface area contributed by atoms with E-state index >= 15 is 0 Å². The molecule has 0 aliphatic carbocycles. The fraction of sp³-hybridized carbons (Fsp3) is 0.429. The van der Waals surface area contributed by atoms with E-state index in [0.29, 0.717) is 17.5 Å². The number of nitrogens with zero attached hydrogens (tertiary/aromatic N) is 2. The number of carbonyl (C=O) groups is 1. The molecule has 0 bridgehead atoms. The molecule has 0 spiro atoms. The number of carbonyl (C=O) groups excluding carboxylic acids is 1. The molecule has 1 amide bonds. The van der Waals surface area contributed by atoms with Crippen LogP contribution in [0.5, 0.6) is 0 Å². The Labute approximate surface area is 181 Å². The van der Waals surface area contributed by atoms with Crippen LogP contribution in [0.2, 0.25) is 0 Å². The lowest BCUT2D eigenvalue weighted by Gasteiger charge is -2.24. The van der Waals surface area contributed by atoms with E-state index in [1.54, 1.807) is 48.8 Å². The van der Waals surface area contributed by atoms with Crippen LogP contribution in [0.25, 0.3) is 0 Å². The topological polar surface area (TPSA) is 138 Å². The van der Waals surface area contributed by atoms with Crippen LogP contribution in [0.15, 0.2) is 54.9 Å². The number of amides is 1. The molecule has 3 rings (SSSR count). The maximum absolute atomic E-state index is 13.2. The van der Waals surface area contributed by atoms with Crippen LogP contribution >= 0.6 is 0 Å². The monoisotopic (exact) mass is 426 g/mol. The van der Waals surface area contributed by atoms with Crippen molar-refractivity contribution in [2.45, 2.75) is 50.3 Å². The Bertz CT molecular complexity index is 884. The summed E-state index contributed by atoms with van der Waals surface area (Å²) in [6.07, 6.45) is 3.49. The zero-order chi connectivity index (χ0) is 22.5. The normalized spacial score (nSPS) is 24.0. The smallest absolute Gasteiger partial charge is 0.426 e. The van der Waals surface area contributed by atoms with E-state index < -0.39 is 43.0 Å². The van der Waals surface area contributed by atoms with Crippen molar-refractivity contribution in [2.24, 2.45) is 5.92 Å². The van der Waals surface area contributed by atoms with Gasteiger partial charge in [-0.15, -0.1) is 0 Å². The summed E-state index contributed by atoms with van der Waals surface area (Å²) in [7, 11) is -1.73. The van der Waals surface area contributed by atoms with Crippen molar-refractivity contribution < 1.29 is 19.8 Å². The molecule has 1 saturated heterocycles. The molecule has 1 aliphatic heterocycles. The molecule has 1 aromatic heterocycles. The van der Waals surface area contributed by atoms with Gasteiger partial charge in [-0.05, 0) is 29.5 Å². The van der Waals surface area contributed by atoms with Gasteiger partial charge in [0, 0.05) is 17.3 Å². The maximum Gasteiger partial charge on any atom is 0.475 e. The lowest BCUT2D eigenvalue weighted by Crippen LogP contribution is -2.53. The van der Waals surface area contributed by atoms with E-state index in [1.807, 2.05) is 19.9 Å². The Kier molecular flexibility index (Phi) is 7.37. The van der Waals surface area contributed by atoms with Gasteiger partial charge in [-0.3, -0.25) is 25.2 Å². The Morgan fingerprint density at radius 3 is 2.45 bits per heavy atom. The third-order valence-electron chi connectivity index (χ3n) is 5.59. The highest BCUT2D eigenvalue weighted by Crippen LogP contribution is 2.40. The standard InChI is InChI=1S/C21H27BN4O5/c1-13(2)11-16(22(28)29)24-21(27)19-17(14-7-4-3-5-8-14)20(26(30)31)18(25-19)15-9-6-10-23-12-15/h3-10,12-13,16-20,25,28-29H,11H2,1-2H3,(H,24,27). The van der Waals surface area contributed by atoms with Crippen LogP contribution in [-0.2, 0) is 4.79 Å². The van der Waals surface area contributed by atoms with E-state index in [0.717, 1.165) is 0 Å². The first-order valence-electron chi connectivity index (χ1n) is 10.3. The summed E-state index contributed by atoms with van der Waals surface area (Å²) in [5, 5.41) is 37.4. The van der Waals surface area contributed by atoms with Gasteiger partial charge in [-0.25, -0.2) is 0 Å². The molecule has 10 heteroatoms. The minimum Gasteiger partial charge on any atom is -0.426 e. The lowest BCUT2D eigenvalue weighted by molar-refractivity contribution is -0.527. The molecule has 0 saturated carbocycles. The number of nitro groups is 1. The quantitative estimate of drug-likeness (QED) is 0.281. The highest BCUT2D eigenvalue weighted by Gasteiger charge is 2.54. The third kappa shape index (κ3) is 5.27. The van der Waals surface area contributed by atoms with Crippen LogP contribution in [0.3, 0.4) is 0 Å². The molecule has 31 heavy (non-hydrogen) atoms. The largest absolute Gasteiger partial charge is 0.475 e. The second-order valence-corrected chi connectivity index (χ2v) is 8.28. The SMILES string of the molecule is CC(C)CC(NC(=O)C1NC(c2cccnc2)C([N+](=O)[O-])C1c1ccccc1)B(O)O. The molecule has 2 aromatic rings. The molecular formula is C21H27BN4O5. The number of benzene rings is 1. The number of rotatable bonds is 8. The summed E-state index contributed by atoms with van der Waals surface area (Å²) in [4.78, 5) is 29.1. The van der Waals surface area contributed by atoms with E-state index in [9.17, 15) is 25.0 Å². The summed E-state index contributed by atoms with van der Waals surface area (Å²) in [5.41, 5.74) is 1.27. The van der Waals surface area contributed by atoms with Gasteiger partial charge in [-0.1, -0.05) is 50.2 Å². The molecule has 5 unspecified atom stereocenters. The summed E-state index contributed by atoms with van der Waals surface area (Å²) < 4.78 is 0. The van der Waals surface area contributed by atoms with Crippen LogP contribution in [0.4, 0.5) is 0 Å². The molecule has 2 heterocycles. The second-order valence-electron chi connectivity index (χ2n) is 8.28. The summed E-state index contributed by atoms with van der Waals surface area (Å²) >= 11 is 0. The first-order valence-corrected chi connectivity index (χ1v) is 10.3. The number of nitrogens with one attached hydrogen (secondary N) is 2. The highest BCUT2D eigenvalue weighted by atomic mass is 16.6. The van der Waals surface area contributed by atoms with Gasteiger partial charge < -0.3 is 15.4 Å². The molecule has 164 valence electrons. The number of hydrogen-bond acceptors (Lipinski definition) is 7. The van der Waals surface area contributed by atoms with E-state index in [4.69, 9.17) is 0 Å². The van der Waals surface area contributed by atoms with E-state index in [2.05, 4.69) is 15.6 Å². The average molecular weight is 426 g/mol. The van der Waals surface area contributed by atoms with E-state index in [1.165, 1.54) is 0 Å². The fourth-order valence-corrected chi connectivity index (χ4v) is 4.25. The lowest BCUT2D eigenvalue weighted by atomic mass is 9.74. The van der Waals surface area contributed by atoms with Crippen LogP contribution in [-0.4, -0.2) is 51.0 Å². The molecule has 4 N–H and O–H groups in total. The molecule has 1 fully saturated rings. The van der Waals surface area contributed by atoms with Crippen LogP contribution < -0.4 is 10.6 Å². The fourth-order valence-electron chi connectivity index (χ4n) is 4.25. The molecule has 5 atom stereocenters. The van der Waals surface area contributed by atoms with Crippen molar-refractivity contribution in [1.29, 1.82) is 0 Å². The number of aromatic nitrogens is 1. The van der Waals surface area contributed by atoms with Gasteiger partial charge in [0.1, 0.15) is 12.1 Å². The molecule has 9 nitrogen and oxygen atoms in total. The first kappa shape index (κ1) is 22.9. The summed E-state index contributed by atoms with van der Waals surface area (Å²) in [6.45, 7) is 3.81. The van der Waals surface area contributed by atoms with Gasteiger partial charge in [0.2, 0.25) is 11.9 Å². The van der Waals surface area contributed by atoms with Gasteiger partial charge in [0.25, 0.3) is 0 Å². The third-order valence-corrected chi connectivity index (χ3v) is 5.59. The predicted molar refractivity (Wildman–Crippen MR) is 115 cm³/mol. The van der Waals surface area contributed by atoms with Crippen molar-refractivity contribution in [3.63, 3.8) is 0 Å². The van der Waals surface area contributed by atoms with Gasteiger partial charge in [0.05, 0.1) is 11.9 Å². The van der Waals surface area contributed by atoms with Gasteiger partial charge in [0.15, 0.2) is 0 Å². The predicted octanol–water partition coefficient (Wildman–Crippen LogP) is 1.07. The van der Waals surface area contributed by atoms with Crippen LogP contribution in [0, 0.1) is 16.0 Å². The average Bonchev–Trinajstić information content (AvgIpc) is 3.15. The Morgan fingerprint density at radius 1 is 1.23 bits per heavy atom. The van der Waals surface area contributed by atoms with Crippen molar-refractivity contribution >= 4 is 13.0 Å². The Balaban J connectivity index is 1.98. The maximum atomic E-state index is 13.2. The molecule has 1 aromatic carbocycles. The highest BCUT2D eigenvalue weighted by molar-refractivity contribution is 6.43. The minimum atomic E-state index is -1.73. The minimum absolute atomic E-state index is 0.114. The zero-order valence-corrected chi connectivity index (χ0v) is 17.5. The van der Waals surface area contributed by atoms with Crippen molar-refractivity contribution in [3.8, 4) is 0 Å². The number of hydrogen-bond donors (Lipinski definition) is 4. The van der Waals surface area contributed by atoms with Crippen molar-refractivity contribution in [3.05, 3.63) is 76.1 Å². The zero-order valence-electron chi connectivity index (χ0n) is 17.5. The number of pyridine rings is 1. The second kappa shape index (κ2) is 9.99. The summed E-state index contributed by atoms with van der Waals surface area (Å²) in [5.74, 6) is -2.02. The Hall–Kier alpha value is -2.82. The van der Waals surface area contributed by atoms with Crippen molar-refractivity contribution in [1.82, 2.24) is 15.6 Å². The van der Waals surface area contributed by atoms with E-state index in [-0.39, 0.29) is 10.8 Å².